The summed E-state index contributed by atoms with van der Waals surface area (Å²) in [5.41, 5.74) is 1.04. The van der Waals surface area contributed by atoms with Crippen molar-refractivity contribution in [3.8, 4) is 0 Å². The Kier molecular flexibility index (Phi) is 4.69. The van der Waals surface area contributed by atoms with E-state index in [2.05, 4.69) is 27.6 Å². The normalized spacial score (nSPS) is 23.7. The predicted octanol–water partition coefficient (Wildman–Crippen LogP) is 3.47. The van der Waals surface area contributed by atoms with Crippen molar-refractivity contribution < 1.29 is 8.42 Å². The summed E-state index contributed by atoms with van der Waals surface area (Å²) in [6.07, 6.45) is 3.54. The number of hydrogen-bond donors (Lipinski definition) is 1. The van der Waals surface area contributed by atoms with Crippen molar-refractivity contribution >= 4 is 26.0 Å². The molecule has 1 aromatic rings. The van der Waals surface area contributed by atoms with Crippen LogP contribution < -0.4 is 4.72 Å². The van der Waals surface area contributed by atoms with Gasteiger partial charge in [-0.15, -0.1) is 0 Å². The van der Waals surface area contributed by atoms with Gasteiger partial charge in [-0.1, -0.05) is 25.8 Å². The van der Waals surface area contributed by atoms with Crippen LogP contribution in [0.25, 0.3) is 0 Å². The molecule has 1 aromatic carbocycles. The highest BCUT2D eigenvalue weighted by Gasteiger charge is 2.26. The van der Waals surface area contributed by atoms with Crippen molar-refractivity contribution in [1.29, 1.82) is 0 Å². The molecule has 106 valence electrons. The summed E-state index contributed by atoms with van der Waals surface area (Å²) in [6, 6.07) is 5.30. The van der Waals surface area contributed by atoms with Crippen LogP contribution in [0.5, 0.6) is 0 Å². The fraction of sp³-hybridized carbons (Fsp3) is 0.571. The summed E-state index contributed by atoms with van der Waals surface area (Å²) in [5, 5.41) is 0. The number of aryl methyl sites for hydroxylation is 1. The summed E-state index contributed by atoms with van der Waals surface area (Å²) >= 11 is 3.33. The molecule has 0 aromatic heterocycles. The van der Waals surface area contributed by atoms with Crippen LogP contribution in [0.2, 0.25) is 0 Å². The second kappa shape index (κ2) is 5.94. The number of benzene rings is 1. The maximum absolute atomic E-state index is 12.3. The lowest BCUT2D eigenvalue weighted by Crippen LogP contribution is -2.30. The van der Waals surface area contributed by atoms with Crippen LogP contribution in [0.1, 0.15) is 31.7 Å². The van der Waals surface area contributed by atoms with E-state index in [1.807, 2.05) is 19.1 Å². The highest BCUT2D eigenvalue weighted by Crippen LogP contribution is 2.31. The third-order valence-electron chi connectivity index (χ3n) is 3.95. The smallest absolute Gasteiger partial charge is 0.211 e. The fourth-order valence-electron chi connectivity index (χ4n) is 2.64. The molecule has 1 N–H and O–H groups in total. The van der Waals surface area contributed by atoms with Crippen LogP contribution >= 0.6 is 15.9 Å². The molecule has 0 heterocycles. The molecule has 0 amide bonds. The predicted molar refractivity (Wildman–Crippen MR) is 80.6 cm³/mol. The Labute approximate surface area is 124 Å². The Hall–Kier alpha value is -0.390. The van der Waals surface area contributed by atoms with Gasteiger partial charge in [0, 0.05) is 11.0 Å². The van der Waals surface area contributed by atoms with Gasteiger partial charge in [0.1, 0.15) is 0 Å². The van der Waals surface area contributed by atoms with Crippen molar-refractivity contribution in [2.45, 2.75) is 38.0 Å². The Morgan fingerprint density at radius 3 is 2.68 bits per heavy atom. The lowest BCUT2D eigenvalue weighted by atomic mass is 9.99. The lowest BCUT2D eigenvalue weighted by molar-refractivity contribution is 0.414. The van der Waals surface area contributed by atoms with Crippen molar-refractivity contribution in [1.82, 2.24) is 4.72 Å². The third kappa shape index (κ3) is 3.58. The van der Waals surface area contributed by atoms with Gasteiger partial charge in [-0.05, 0) is 58.8 Å². The molecule has 1 fully saturated rings. The number of rotatable bonds is 4. The zero-order valence-corrected chi connectivity index (χ0v) is 13.7. The third-order valence-corrected chi connectivity index (χ3v) is 6.35. The Morgan fingerprint density at radius 2 is 2.11 bits per heavy atom. The fourth-order valence-corrected chi connectivity index (χ4v) is 4.93. The van der Waals surface area contributed by atoms with E-state index in [0.29, 0.717) is 27.7 Å². The van der Waals surface area contributed by atoms with E-state index < -0.39 is 10.0 Å². The standard InChI is InChI=1S/C14H20BrNO2S/c1-10-6-7-14(13(15)8-10)19(17,18)16-9-12-5-3-4-11(12)2/h6-8,11-12,16H,3-5,9H2,1-2H3. The van der Waals surface area contributed by atoms with Crippen LogP contribution in [0, 0.1) is 18.8 Å². The highest BCUT2D eigenvalue weighted by atomic mass is 79.9. The quantitative estimate of drug-likeness (QED) is 0.907. The summed E-state index contributed by atoms with van der Waals surface area (Å²) in [7, 11) is -3.42. The molecule has 0 radical (unpaired) electrons. The molecule has 0 saturated heterocycles. The van der Waals surface area contributed by atoms with Crippen molar-refractivity contribution in [2.75, 3.05) is 6.54 Å². The largest absolute Gasteiger partial charge is 0.241 e. The van der Waals surface area contributed by atoms with Gasteiger partial charge in [0.2, 0.25) is 10.0 Å². The molecule has 1 aliphatic carbocycles. The van der Waals surface area contributed by atoms with Gasteiger partial charge in [0.25, 0.3) is 0 Å². The van der Waals surface area contributed by atoms with Crippen molar-refractivity contribution in [3.05, 3.63) is 28.2 Å². The molecule has 1 aliphatic rings. The first-order chi connectivity index (χ1) is 8.90. The summed E-state index contributed by atoms with van der Waals surface area (Å²) < 4.78 is 27.9. The molecule has 0 spiro atoms. The number of nitrogens with one attached hydrogen (secondary N) is 1. The minimum absolute atomic E-state index is 0.323. The number of sulfonamides is 1. The number of hydrogen-bond acceptors (Lipinski definition) is 2. The zero-order chi connectivity index (χ0) is 14.0. The Morgan fingerprint density at radius 1 is 1.37 bits per heavy atom. The van der Waals surface area contributed by atoms with E-state index in [0.717, 1.165) is 12.0 Å². The summed E-state index contributed by atoms with van der Waals surface area (Å²) in [6.45, 7) is 4.69. The monoisotopic (exact) mass is 345 g/mol. The molecule has 3 nitrogen and oxygen atoms in total. The van der Waals surface area contributed by atoms with E-state index in [-0.39, 0.29) is 0 Å². The molecule has 19 heavy (non-hydrogen) atoms. The maximum Gasteiger partial charge on any atom is 0.241 e. The summed E-state index contributed by atoms with van der Waals surface area (Å²) in [5.74, 6) is 1.09. The average Bonchev–Trinajstić information content (AvgIpc) is 2.72. The minimum atomic E-state index is -3.42. The first-order valence-electron chi connectivity index (χ1n) is 6.66. The van der Waals surface area contributed by atoms with Gasteiger partial charge in [-0.25, -0.2) is 13.1 Å². The van der Waals surface area contributed by atoms with E-state index in [9.17, 15) is 8.42 Å². The van der Waals surface area contributed by atoms with Crippen LogP contribution in [0.4, 0.5) is 0 Å². The highest BCUT2D eigenvalue weighted by molar-refractivity contribution is 9.10. The molecule has 2 atom stereocenters. The van der Waals surface area contributed by atoms with Gasteiger partial charge in [0.05, 0.1) is 4.90 Å². The molecule has 2 rings (SSSR count). The SMILES string of the molecule is Cc1ccc(S(=O)(=O)NCC2CCCC2C)c(Br)c1. The maximum atomic E-state index is 12.3. The minimum Gasteiger partial charge on any atom is -0.211 e. The van der Waals surface area contributed by atoms with Gasteiger partial charge >= 0.3 is 0 Å². The molecule has 2 unspecified atom stereocenters. The average molecular weight is 346 g/mol. The van der Waals surface area contributed by atoms with E-state index in [1.165, 1.54) is 12.8 Å². The lowest BCUT2D eigenvalue weighted by Gasteiger charge is -2.16. The number of halogens is 1. The van der Waals surface area contributed by atoms with Gasteiger partial charge in [-0.3, -0.25) is 0 Å². The molecule has 0 bridgehead atoms. The van der Waals surface area contributed by atoms with E-state index >= 15 is 0 Å². The van der Waals surface area contributed by atoms with Gasteiger partial charge in [-0.2, -0.15) is 0 Å². The first kappa shape index (κ1) is 15.0. The zero-order valence-electron chi connectivity index (χ0n) is 11.3. The van der Waals surface area contributed by atoms with Crippen molar-refractivity contribution in [3.63, 3.8) is 0 Å². The molecular formula is C14H20BrNO2S. The second-order valence-electron chi connectivity index (χ2n) is 5.45. The van der Waals surface area contributed by atoms with Gasteiger partial charge in [0.15, 0.2) is 0 Å². The first-order valence-corrected chi connectivity index (χ1v) is 8.93. The Bertz CT molecular complexity index is 557. The molecule has 5 heteroatoms. The Balaban J connectivity index is 2.09. The molecule has 0 aliphatic heterocycles. The topological polar surface area (TPSA) is 46.2 Å². The van der Waals surface area contributed by atoms with E-state index in [4.69, 9.17) is 0 Å². The summed E-state index contributed by atoms with van der Waals surface area (Å²) in [4.78, 5) is 0.323. The van der Waals surface area contributed by atoms with Crippen LogP contribution in [0.3, 0.4) is 0 Å². The van der Waals surface area contributed by atoms with Crippen LogP contribution in [-0.2, 0) is 10.0 Å². The van der Waals surface area contributed by atoms with Crippen molar-refractivity contribution in [2.24, 2.45) is 11.8 Å². The second-order valence-corrected chi connectivity index (χ2v) is 8.04. The van der Waals surface area contributed by atoms with Crippen LogP contribution in [-0.4, -0.2) is 15.0 Å². The molecule has 1 saturated carbocycles. The molecular weight excluding hydrogens is 326 g/mol. The van der Waals surface area contributed by atoms with Crippen LogP contribution in [0.15, 0.2) is 27.6 Å². The van der Waals surface area contributed by atoms with Gasteiger partial charge < -0.3 is 0 Å². The van der Waals surface area contributed by atoms with E-state index in [1.54, 1.807) is 6.07 Å².